The molecule has 436 valence electrons. The van der Waals surface area contributed by atoms with Gasteiger partial charge in [0.05, 0.1) is 67.7 Å². The maximum absolute atomic E-state index is 14.3. The lowest BCUT2D eigenvalue weighted by molar-refractivity contribution is -0.264. The van der Waals surface area contributed by atoms with Gasteiger partial charge in [-0.1, -0.05) is 61.4 Å². The first kappa shape index (κ1) is 60.3. The minimum absolute atomic E-state index is 0.00428. The monoisotopic (exact) mass is 1230 g/mol. The molecule has 4 unspecified atom stereocenters. The highest BCUT2D eigenvalue weighted by Crippen LogP contribution is 2.52. The van der Waals surface area contributed by atoms with Crippen LogP contribution >= 0.6 is 22.6 Å². The van der Waals surface area contributed by atoms with Crippen LogP contribution in [0.15, 0.2) is 18.2 Å². The fourth-order valence-electron chi connectivity index (χ4n) is 11.9. The molecule has 4 fully saturated rings. The molecule has 4 aliphatic heterocycles. The first-order valence-corrected chi connectivity index (χ1v) is 28.5. The van der Waals surface area contributed by atoms with Crippen LogP contribution in [0.25, 0.3) is 0 Å². The van der Waals surface area contributed by atoms with E-state index in [-0.39, 0.29) is 108 Å². The number of ether oxygens (including phenoxy) is 5. The van der Waals surface area contributed by atoms with Gasteiger partial charge in [0.15, 0.2) is 18.4 Å². The summed E-state index contributed by atoms with van der Waals surface area (Å²) in [5.74, 6) is -7.43. The van der Waals surface area contributed by atoms with Crippen LogP contribution in [0.3, 0.4) is 0 Å². The second kappa shape index (κ2) is 26.0. The lowest BCUT2D eigenvalue weighted by Crippen LogP contribution is -2.59. The first-order valence-electron chi connectivity index (χ1n) is 27.4. The van der Waals surface area contributed by atoms with Crippen molar-refractivity contribution in [2.75, 3.05) is 73.2 Å². The van der Waals surface area contributed by atoms with Crippen LogP contribution in [0.4, 0.5) is 0 Å². The van der Waals surface area contributed by atoms with E-state index in [1.807, 2.05) is 11.8 Å². The van der Waals surface area contributed by atoms with Crippen molar-refractivity contribution in [2.24, 2.45) is 11.8 Å². The van der Waals surface area contributed by atoms with Crippen LogP contribution in [0.1, 0.15) is 128 Å². The molecule has 0 bridgehead atoms. The van der Waals surface area contributed by atoms with Gasteiger partial charge in [-0.15, -0.1) is 0 Å². The highest BCUT2D eigenvalue weighted by atomic mass is 127. The SMILES string of the molecule is CCCCC(I)(CC)C1CC(=O)N(CCC(=O)NCC(=O)NCC(=O)NC2CCN(CCNC(=O)[C@@H]3Cc4c(O)c5c(c(O)c4[C@@H](OC4C[C@H](N6CCO[C@H](OC)C6)[C@H](O)[C@H](C)O4)C3)C(=O)c3c(OC)cccc3C5=O)C2=O)C1=O. The zero-order valence-electron chi connectivity index (χ0n) is 45.6. The number of ketones is 2. The molecule has 0 radical (unpaired) electrons. The van der Waals surface area contributed by atoms with E-state index in [4.69, 9.17) is 23.7 Å². The summed E-state index contributed by atoms with van der Waals surface area (Å²) >= 11 is 2.30. The summed E-state index contributed by atoms with van der Waals surface area (Å²) in [4.78, 5) is 125. The average molecular weight is 1230 g/mol. The predicted octanol–water partition coefficient (Wildman–Crippen LogP) is 1.28. The van der Waals surface area contributed by atoms with Gasteiger partial charge in [0, 0.05) is 97.7 Å². The first-order chi connectivity index (χ1) is 38.2. The van der Waals surface area contributed by atoms with Crippen molar-refractivity contribution < 1.29 is 82.2 Å². The predicted molar refractivity (Wildman–Crippen MR) is 291 cm³/mol. The number of halogens is 1. The number of carbonyl (C=O) groups excluding carboxylic acids is 9. The highest BCUT2D eigenvalue weighted by molar-refractivity contribution is 14.1. The van der Waals surface area contributed by atoms with Crippen molar-refractivity contribution in [1.29, 1.82) is 0 Å². The van der Waals surface area contributed by atoms with E-state index in [9.17, 15) is 58.5 Å². The summed E-state index contributed by atoms with van der Waals surface area (Å²) < 4.78 is 29.0. The molecule has 8 rings (SSSR count). The van der Waals surface area contributed by atoms with Crippen LogP contribution in [0, 0.1) is 11.8 Å². The quantitative estimate of drug-likeness (QED) is 0.0322. The van der Waals surface area contributed by atoms with E-state index in [0.29, 0.717) is 19.7 Å². The fraction of sp³-hybridized carbons (Fsp3) is 0.618. The molecule has 24 nitrogen and oxygen atoms in total. The molecule has 80 heavy (non-hydrogen) atoms. The average Bonchev–Trinajstić information content (AvgIpc) is 4.10. The minimum Gasteiger partial charge on any atom is -0.507 e. The number of hydrogen-bond donors (Lipinski definition) is 7. The van der Waals surface area contributed by atoms with Crippen molar-refractivity contribution in [3.05, 3.63) is 51.6 Å². The summed E-state index contributed by atoms with van der Waals surface area (Å²) in [7, 11) is 2.86. The van der Waals surface area contributed by atoms with Crippen LogP contribution in [0.2, 0.25) is 0 Å². The van der Waals surface area contributed by atoms with Crippen molar-refractivity contribution in [1.82, 2.24) is 36.0 Å². The number of nitrogens with zero attached hydrogens (tertiary/aromatic N) is 3. The normalized spacial score (nSPS) is 26.5. The molecule has 25 heteroatoms. The maximum atomic E-state index is 14.3. The van der Waals surface area contributed by atoms with Crippen molar-refractivity contribution >= 4 is 75.5 Å². The Balaban J connectivity index is 0.852. The Bertz CT molecular complexity index is 2760. The molecule has 2 aliphatic carbocycles. The summed E-state index contributed by atoms with van der Waals surface area (Å²) in [5, 5.41) is 45.8. The summed E-state index contributed by atoms with van der Waals surface area (Å²) in [5.41, 5.74) is -0.957. The topological polar surface area (TPSA) is 318 Å². The number of aliphatic hydroxyl groups excluding tert-OH is 1. The van der Waals surface area contributed by atoms with Crippen molar-refractivity contribution in [3.8, 4) is 17.2 Å². The van der Waals surface area contributed by atoms with Gasteiger partial charge < -0.3 is 65.2 Å². The second-order valence-corrected chi connectivity index (χ2v) is 23.3. The van der Waals surface area contributed by atoms with Crippen LogP contribution in [-0.4, -0.2) is 196 Å². The highest BCUT2D eigenvalue weighted by Gasteiger charge is 2.50. The van der Waals surface area contributed by atoms with Gasteiger partial charge in [-0.3, -0.25) is 53.0 Å². The Kier molecular flexibility index (Phi) is 19.5. The number of nitrogens with one attached hydrogen (secondary N) is 4. The number of aliphatic hydroxyl groups is 1. The van der Waals surface area contributed by atoms with Gasteiger partial charge in [-0.25, -0.2) is 0 Å². The van der Waals surface area contributed by atoms with Crippen molar-refractivity contribution in [3.63, 3.8) is 0 Å². The smallest absolute Gasteiger partial charge is 0.245 e. The van der Waals surface area contributed by atoms with Crippen LogP contribution in [0.5, 0.6) is 17.2 Å². The number of fused-ring (bicyclic) bond motifs is 3. The molecular weight excluding hydrogens is 1160 g/mol. The second-order valence-electron chi connectivity index (χ2n) is 21.2. The number of morpholine rings is 1. The molecule has 7 N–H and O–H groups in total. The molecule has 0 aromatic heterocycles. The number of phenolic OH excluding ortho intramolecular Hbond substituents is 2. The summed E-state index contributed by atoms with van der Waals surface area (Å²) in [6, 6.07) is 3.04. The number of phenols is 2. The Morgan fingerprint density at radius 2 is 1.60 bits per heavy atom. The van der Waals surface area contributed by atoms with E-state index < -0.39 is 132 Å². The number of alkyl halides is 1. The van der Waals surface area contributed by atoms with Crippen molar-refractivity contribution in [2.45, 2.75) is 131 Å². The molecule has 4 saturated heterocycles. The number of likely N-dealkylation sites (tertiary alicyclic amines) is 2. The zero-order valence-corrected chi connectivity index (χ0v) is 47.8. The number of methoxy groups -OCH3 is 2. The number of rotatable bonds is 22. The zero-order chi connectivity index (χ0) is 57.7. The van der Waals surface area contributed by atoms with Gasteiger partial charge in [0.25, 0.3) is 0 Å². The molecule has 2 aromatic carbocycles. The van der Waals surface area contributed by atoms with Gasteiger partial charge in [0.2, 0.25) is 47.1 Å². The standard InChI is InChI=1S/C55H72IN7O17/c1-6-8-14-55(56,7-2)32-23-40(67)63(53(32)74)17-13-37(64)58-25-38(65)59-26-39(66)60-33-12-16-61(54(33)75)18-15-57-52(73)29-21-31-44(51(72)46-45(49(31)70)48(69)30-10-9-11-35(76-4)43(30)50(46)71)36(22-29)80-41-24-34(47(68)28(3)79-41)62-19-20-78-42(27-62)77-5/h9-11,28-29,32-34,36,41-42,47,68,70,72H,6-8,12-27H2,1-5H3,(H,57,73)(H,58,64)(H,59,65)(H,60,66)/t28-,29+,32?,33?,34-,36-,41?,42-,47+,55?/m0/s1. The molecule has 10 atom stereocenters. The third-order valence-corrected chi connectivity index (χ3v) is 18.4. The number of amides is 7. The van der Waals surface area contributed by atoms with E-state index in [1.54, 1.807) is 6.92 Å². The molecule has 2 aromatic rings. The molecule has 6 aliphatic rings. The minimum atomic E-state index is -1.19. The maximum Gasteiger partial charge on any atom is 0.245 e. The third-order valence-electron chi connectivity index (χ3n) is 16.4. The molecule has 0 saturated carbocycles. The lowest BCUT2D eigenvalue weighted by atomic mass is 9.74. The van der Waals surface area contributed by atoms with E-state index >= 15 is 0 Å². The van der Waals surface area contributed by atoms with E-state index in [2.05, 4.69) is 50.8 Å². The third kappa shape index (κ3) is 12.6. The number of carbonyl (C=O) groups is 9. The Morgan fingerprint density at radius 1 is 0.863 bits per heavy atom. The van der Waals surface area contributed by atoms with Gasteiger partial charge in [-0.2, -0.15) is 0 Å². The number of aromatic hydroxyl groups is 2. The van der Waals surface area contributed by atoms with E-state index in [0.717, 1.165) is 30.6 Å². The Morgan fingerprint density at radius 3 is 2.33 bits per heavy atom. The molecule has 4 heterocycles. The van der Waals surface area contributed by atoms with Gasteiger partial charge >= 0.3 is 0 Å². The van der Waals surface area contributed by atoms with Crippen LogP contribution in [-0.2, 0) is 58.9 Å². The Labute approximate surface area is 476 Å². The largest absolute Gasteiger partial charge is 0.507 e. The lowest BCUT2D eigenvalue weighted by Gasteiger charge is -2.46. The van der Waals surface area contributed by atoms with Crippen LogP contribution < -0.4 is 26.0 Å². The number of benzene rings is 2. The molecular formula is C55H72IN7O17. The summed E-state index contributed by atoms with van der Waals surface area (Å²) in [6.07, 6.45) is -0.990. The Hall–Kier alpha value is -5.84. The summed E-state index contributed by atoms with van der Waals surface area (Å²) in [6.45, 7) is 6.14. The molecule has 7 amide bonds. The molecule has 0 spiro atoms. The number of hydrogen-bond acceptors (Lipinski definition) is 18. The van der Waals surface area contributed by atoms with E-state index in [1.165, 1.54) is 37.3 Å². The van der Waals surface area contributed by atoms with Gasteiger partial charge in [-0.05, 0) is 45.1 Å². The number of unbranched alkanes of at least 4 members (excludes halogenated alkanes) is 1. The fourth-order valence-corrected chi connectivity index (χ4v) is 12.7. The number of imide groups is 1. The van der Waals surface area contributed by atoms with Gasteiger partial charge in [0.1, 0.15) is 23.3 Å².